The first-order chi connectivity index (χ1) is 9.56. The summed E-state index contributed by atoms with van der Waals surface area (Å²) >= 11 is 3.14. The Morgan fingerprint density at radius 3 is 2.85 bits per heavy atom. The fourth-order valence-corrected chi connectivity index (χ4v) is 1.88. The van der Waals surface area contributed by atoms with Crippen molar-refractivity contribution in [3.63, 3.8) is 0 Å². The van der Waals surface area contributed by atoms with Crippen molar-refractivity contribution in [2.75, 3.05) is 20.2 Å². The maximum absolute atomic E-state index is 12.9. The van der Waals surface area contributed by atoms with Crippen LogP contribution in [0.3, 0.4) is 0 Å². The Kier molecular flexibility index (Phi) is 4.79. The maximum atomic E-state index is 12.9. The minimum Gasteiger partial charge on any atom is -0.492 e. The summed E-state index contributed by atoms with van der Waals surface area (Å²) in [6.07, 6.45) is 0. The van der Waals surface area contributed by atoms with Crippen LogP contribution in [0.4, 0.5) is 4.39 Å². The molecule has 1 heterocycles. The molecule has 20 heavy (non-hydrogen) atoms. The van der Waals surface area contributed by atoms with Gasteiger partial charge < -0.3 is 14.1 Å². The summed E-state index contributed by atoms with van der Waals surface area (Å²) in [5.41, 5.74) is 0. The molecule has 0 unspecified atom stereocenters. The first kappa shape index (κ1) is 14.6. The summed E-state index contributed by atoms with van der Waals surface area (Å²) in [5.74, 6) is 0.0997. The number of likely N-dealkylation sites (N-methyl/N-ethyl adjacent to an activating group) is 1. The second kappa shape index (κ2) is 6.56. The van der Waals surface area contributed by atoms with Gasteiger partial charge in [-0.3, -0.25) is 4.79 Å². The highest BCUT2D eigenvalue weighted by atomic mass is 79.9. The predicted molar refractivity (Wildman–Crippen MR) is 75.3 cm³/mol. The standard InChI is InChI=1S/C14H13BrFNO3/c1-17(14(18)12-5-6-13(15)20-12)7-8-19-11-4-2-3-10(16)9-11/h2-6,9H,7-8H2,1H3. The quantitative estimate of drug-likeness (QED) is 0.837. The van der Waals surface area contributed by atoms with E-state index in [1.54, 1.807) is 31.3 Å². The molecule has 2 rings (SSSR count). The molecule has 0 N–H and O–H groups in total. The van der Waals surface area contributed by atoms with Gasteiger partial charge in [-0.05, 0) is 40.2 Å². The van der Waals surface area contributed by atoms with Gasteiger partial charge in [-0.25, -0.2) is 4.39 Å². The topological polar surface area (TPSA) is 42.7 Å². The van der Waals surface area contributed by atoms with Gasteiger partial charge in [0.15, 0.2) is 10.4 Å². The van der Waals surface area contributed by atoms with Crippen molar-refractivity contribution in [2.24, 2.45) is 0 Å². The highest BCUT2D eigenvalue weighted by Crippen LogP contribution is 2.15. The third-order valence-electron chi connectivity index (χ3n) is 2.62. The van der Waals surface area contributed by atoms with E-state index < -0.39 is 0 Å². The Hall–Kier alpha value is -1.82. The van der Waals surface area contributed by atoms with Crippen LogP contribution < -0.4 is 4.74 Å². The third-order valence-corrected chi connectivity index (χ3v) is 3.05. The Morgan fingerprint density at radius 1 is 1.40 bits per heavy atom. The zero-order chi connectivity index (χ0) is 14.5. The molecular formula is C14H13BrFNO3. The molecule has 0 radical (unpaired) electrons. The van der Waals surface area contributed by atoms with Crippen LogP contribution in [-0.4, -0.2) is 31.0 Å². The summed E-state index contributed by atoms with van der Waals surface area (Å²) in [4.78, 5) is 13.4. The van der Waals surface area contributed by atoms with Gasteiger partial charge in [0.05, 0.1) is 6.54 Å². The number of furan rings is 1. The van der Waals surface area contributed by atoms with Crippen molar-refractivity contribution in [1.29, 1.82) is 0 Å². The first-order valence-electron chi connectivity index (χ1n) is 5.95. The Bertz CT molecular complexity index is 600. The van der Waals surface area contributed by atoms with E-state index in [1.165, 1.54) is 17.0 Å². The fraction of sp³-hybridized carbons (Fsp3) is 0.214. The van der Waals surface area contributed by atoms with Crippen molar-refractivity contribution in [3.05, 3.63) is 52.6 Å². The number of carbonyl (C=O) groups is 1. The molecule has 0 spiro atoms. The summed E-state index contributed by atoms with van der Waals surface area (Å²) < 4.78 is 24.0. The van der Waals surface area contributed by atoms with Gasteiger partial charge >= 0.3 is 0 Å². The van der Waals surface area contributed by atoms with Crippen LogP contribution in [0.15, 0.2) is 45.5 Å². The Balaban J connectivity index is 1.83. The number of hydrogen-bond acceptors (Lipinski definition) is 3. The largest absolute Gasteiger partial charge is 0.492 e. The summed E-state index contributed by atoms with van der Waals surface area (Å²) in [7, 11) is 1.65. The number of amides is 1. The molecule has 0 saturated carbocycles. The van der Waals surface area contributed by atoms with Crippen LogP contribution in [0.5, 0.6) is 5.75 Å². The zero-order valence-corrected chi connectivity index (χ0v) is 12.4. The van der Waals surface area contributed by atoms with Crippen LogP contribution in [0, 0.1) is 5.82 Å². The van der Waals surface area contributed by atoms with Gasteiger partial charge in [0.1, 0.15) is 18.2 Å². The SMILES string of the molecule is CN(CCOc1cccc(F)c1)C(=O)c1ccc(Br)o1. The molecule has 1 amide bonds. The summed E-state index contributed by atoms with van der Waals surface area (Å²) in [5, 5.41) is 0. The van der Waals surface area contributed by atoms with Gasteiger partial charge in [-0.1, -0.05) is 6.07 Å². The lowest BCUT2D eigenvalue weighted by Gasteiger charge is -2.16. The van der Waals surface area contributed by atoms with E-state index in [4.69, 9.17) is 9.15 Å². The zero-order valence-electron chi connectivity index (χ0n) is 10.8. The monoisotopic (exact) mass is 341 g/mol. The van der Waals surface area contributed by atoms with E-state index in [1.807, 2.05) is 0 Å². The average Bonchev–Trinajstić information content (AvgIpc) is 2.84. The number of carbonyl (C=O) groups excluding carboxylic acids is 1. The molecule has 106 valence electrons. The predicted octanol–water partition coefficient (Wildman–Crippen LogP) is 3.33. The van der Waals surface area contributed by atoms with Gasteiger partial charge in [-0.2, -0.15) is 0 Å². The second-order valence-corrected chi connectivity index (χ2v) is 4.92. The molecule has 1 aromatic heterocycles. The third kappa shape index (κ3) is 3.84. The highest BCUT2D eigenvalue weighted by molar-refractivity contribution is 9.10. The number of ether oxygens (including phenoxy) is 1. The number of benzene rings is 1. The number of halogens is 2. The number of rotatable bonds is 5. The molecule has 0 aliphatic rings. The van der Waals surface area contributed by atoms with E-state index in [2.05, 4.69) is 15.9 Å². The van der Waals surface area contributed by atoms with Crippen molar-refractivity contribution < 1.29 is 18.3 Å². The molecule has 1 aromatic carbocycles. The van der Waals surface area contributed by atoms with Crippen molar-refractivity contribution in [3.8, 4) is 5.75 Å². The average molecular weight is 342 g/mol. The summed E-state index contributed by atoms with van der Waals surface area (Å²) in [6, 6.07) is 9.12. The molecule has 6 heteroatoms. The van der Waals surface area contributed by atoms with Gasteiger partial charge in [0, 0.05) is 13.1 Å². The number of nitrogens with zero attached hydrogens (tertiary/aromatic N) is 1. The van der Waals surface area contributed by atoms with E-state index >= 15 is 0 Å². The Labute approximate surface area is 124 Å². The minimum atomic E-state index is -0.354. The van der Waals surface area contributed by atoms with Crippen molar-refractivity contribution in [2.45, 2.75) is 0 Å². The van der Waals surface area contributed by atoms with E-state index in [9.17, 15) is 9.18 Å². The number of hydrogen-bond donors (Lipinski definition) is 0. The minimum absolute atomic E-state index is 0.237. The van der Waals surface area contributed by atoms with Crippen LogP contribution in [-0.2, 0) is 0 Å². The van der Waals surface area contributed by atoms with E-state index in [-0.39, 0.29) is 24.1 Å². The molecule has 0 aliphatic heterocycles. The normalized spacial score (nSPS) is 10.3. The smallest absolute Gasteiger partial charge is 0.289 e. The lowest BCUT2D eigenvalue weighted by Crippen LogP contribution is -2.30. The lowest BCUT2D eigenvalue weighted by molar-refractivity contribution is 0.0741. The van der Waals surface area contributed by atoms with E-state index in [0.717, 1.165) is 0 Å². The van der Waals surface area contributed by atoms with Crippen LogP contribution >= 0.6 is 15.9 Å². The highest BCUT2D eigenvalue weighted by Gasteiger charge is 2.15. The molecular weight excluding hydrogens is 329 g/mol. The van der Waals surface area contributed by atoms with Crippen LogP contribution in [0.2, 0.25) is 0 Å². The van der Waals surface area contributed by atoms with Crippen molar-refractivity contribution in [1.82, 2.24) is 4.90 Å². The maximum Gasteiger partial charge on any atom is 0.289 e. The summed E-state index contributed by atoms with van der Waals surface area (Å²) in [6.45, 7) is 0.640. The molecule has 4 nitrogen and oxygen atoms in total. The molecule has 2 aromatic rings. The second-order valence-electron chi connectivity index (χ2n) is 4.14. The lowest BCUT2D eigenvalue weighted by atomic mass is 10.3. The van der Waals surface area contributed by atoms with Gasteiger partial charge in [0.25, 0.3) is 5.91 Å². The van der Waals surface area contributed by atoms with Crippen LogP contribution in [0.25, 0.3) is 0 Å². The van der Waals surface area contributed by atoms with Gasteiger partial charge in [-0.15, -0.1) is 0 Å². The van der Waals surface area contributed by atoms with Crippen molar-refractivity contribution >= 4 is 21.8 Å². The molecule has 0 atom stereocenters. The Morgan fingerprint density at radius 2 is 2.20 bits per heavy atom. The molecule has 0 saturated heterocycles. The van der Waals surface area contributed by atoms with Crippen LogP contribution in [0.1, 0.15) is 10.6 Å². The molecule has 0 bridgehead atoms. The first-order valence-corrected chi connectivity index (χ1v) is 6.75. The molecule has 0 aliphatic carbocycles. The van der Waals surface area contributed by atoms with E-state index in [0.29, 0.717) is 17.0 Å². The van der Waals surface area contributed by atoms with Gasteiger partial charge in [0.2, 0.25) is 0 Å². The fourth-order valence-electron chi connectivity index (χ4n) is 1.58. The molecule has 0 fully saturated rings.